The Labute approximate surface area is 115 Å². The van der Waals surface area contributed by atoms with Gasteiger partial charge in [0.1, 0.15) is 11.6 Å². The quantitative estimate of drug-likeness (QED) is 0.876. The Morgan fingerprint density at radius 3 is 2.79 bits per heavy atom. The fourth-order valence-electron chi connectivity index (χ4n) is 1.90. The van der Waals surface area contributed by atoms with Crippen molar-refractivity contribution in [3.63, 3.8) is 0 Å². The van der Waals surface area contributed by atoms with Gasteiger partial charge in [0.05, 0.1) is 22.3 Å². The Balaban J connectivity index is 2.55. The lowest BCUT2D eigenvalue weighted by Gasteiger charge is -2.22. The number of alkyl halides is 1. The Kier molecular flexibility index (Phi) is 3.49. The molecule has 0 spiro atoms. The smallest absolute Gasteiger partial charge is 0.224 e. The van der Waals surface area contributed by atoms with E-state index in [2.05, 4.69) is 4.98 Å². The van der Waals surface area contributed by atoms with Crippen molar-refractivity contribution < 1.29 is 9.18 Å². The molecule has 0 unspecified atom stereocenters. The van der Waals surface area contributed by atoms with Crippen LogP contribution in [0.5, 0.6) is 0 Å². The molecule has 6 heteroatoms. The highest BCUT2D eigenvalue weighted by Gasteiger charge is 2.27. The van der Waals surface area contributed by atoms with Gasteiger partial charge in [-0.1, -0.05) is 0 Å². The molecule has 1 aromatic carbocycles. The Morgan fingerprint density at radius 2 is 2.21 bits per heavy atom. The number of nitrogens with zero attached hydrogens (tertiary/aromatic N) is 2. The van der Waals surface area contributed by atoms with Crippen molar-refractivity contribution in [3.05, 3.63) is 29.8 Å². The number of amides is 1. The van der Waals surface area contributed by atoms with Crippen molar-refractivity contribution in [1.82, 2.24) is 9.55 Å². The minimum Gasteiger partial charge on any atom is -0.369 e. The number of hydrogen-bond acceptors (Lipinski definition) is 2. The number of rotatable bonds is 4. The molecule has 0 atom stereocenters. The topological polar surface area (TPSA) is 60.9 Å². The molecule has 2 rings (SSSR count). The lowest BCUT2D eigenvalue weighted by atomic mass is 9.92. The number of carbonyl (C=O) groups excluding carboxylic acids is 1. The maximum atomic E-state index is 13.2. The normalized spacial score (nSPS) is 12.0. The zero-order valence-corrected chi connectivity index (χ0v) is 11.5. The highest BCUT2D eigenvalue weighted by Crippen LogP contribution is 2.24. The third-order valence-corrected chi connectivity index (χ3v) is 3.37. The van der Waals surface area contributed by atoms with E-state index in [0.717, 1.165) is 5.52 Å². The molecule has 1 heterocycles. The summed E-state index contributed by atoms with van der Waals surface area (Å²) in [6.07, 6.45) is 0. The molecular weight excluding hydrogens is 269 g/mol. The monoisotopic (exact) mass is 283 g/mol. The maximum absolute atomic E-state index is 13.2. The fraction of sp³-hybridized carbons (Fsp3) is 0.385. The van der Waals surface area contributed by atoms with Crippen molar-refractivity contribution >= 4 is 28.5 Å². The molecule has 0 aliphatic heterocycles. The summed E-state index contributed by atoms with van der Waals surface area (Å²) < 4.78 is 15.0. The summed E-state index contributed by atoms with van der Waals surface area (Å²) >= 11 is 5.86. The summed E-state index contributed by atoms with van der Waals surface area (Å²) in [4.78, 5) is 15.7. The van der Waals surface area contributed by atoms with E-state index in [1.807, 2.05) is 4.57 Å². The summed E-state index contributed by atoms with van der Waals surface area (Å²) in [5, 5.41) is 0. The van der Waals surface area contributed by atoms with Crippen LogP contribution in [0.2, 0.25) is 0 Å². The predicted molar refractivity (Wildman–Crippen MR) is 72.2 cm³/mol. The second-order valence-corrected chi connectivity index (χ2v) is 5.40. The van der Waals surface area contributed by atoms with Crippen LogP contribution in [0.4, 0.5) is 4.39 Å². The van der Waals surface area contributed by atoms with Gasteiger partial charge in [0.2, 0.25) is 5.91 Å². The first-order valence-electron chi connectivity index (χ1n) is 5.85. The van der Waals surface area contributed by atoms with E-state index in [1.165, 1.54) is 12.1 Å². The van der Waals surface area contributed by atoms with Crippen LogP contribution in [0.25, 0.3) is 11.0 Å². The molecule has 0 fully saturated rings. The van der Waals surface area contributed by atoms with Crippen molar-refractivity contribution in [3.8, 4) is 0 Å². The minimum atomic E-state index is -0.733. The molecule has 19 heavy (non-hydrogen) atoms. The van der Waals surface area contributed by atoms with Crippen molar-refractivity contribution in [2.75, 3.05) is 0 Å². The maximum Gasteiger partial charge on any atom is 0.224 e. The second kappa shape index (κ2) is 4.81. The molecule has 0 aliphatic carbocycles. The third-order valence-electron chi connectivity index (χ3n) is 3.13. The van der Waals surface area contributed by atoms with Gasteiger partial charge in [0.25, 0.3) is 0 Å². The van der Waals surface area contributed by atoms with Gasteiger partial charge in [0, 0.05) is 12.6 Å². The standard InChI is InChI=1S/C13H15ClFN3O/c1-13(2,12(16)19)7-18-10-4-3-8(15)5-9(10)17-11(18)6-14/h3-5H,6-7H2,1-2H3,(H2,16,19). The third kappa shape index (κ3) is 2.56. The lowest BCUT2D eigenvalue weighted by Crippen LogP contribution is -2.35. The van der Waals surface area contributed by atoms with Crippen LogP contribution in [0.15, 0.2) is 18.2 Å². The molecule has 0 saturated carbocycles. The number of fused-ring (bicyclic) bond motifs is 1. The molecule has 0 aliphatic rings. The molecule has 0 saturated heterocycles. The van der Waals surface area contributed by atoms with Gasteiger partial charge in [0.15, 0.2) is 0 Å². The zero-order chi connectivity index (χ0) is 14.2. The molecular formula is C13H15ClFN3O. The molecule has 1 aromatic heterocycles. The van der Waals surface area contributed by atoms with Crippen LogP contribution in [-0.4, -0.2) is 15.5 Å². The van der Waals surface area contributed by atoms with Gasteiger partial charge in [-0.05, 0) is 26.0 Å². The fourth-order valence-corrected chi connectivity index (χ4v) is 2.11. The number of aromatic nitrogens is 2. The van der Waals surface area contributed by atoms with Crippen molar-refractivity contribution in [2.45, 2.75) is 26.3 Å². The minimum absolute atomic E-state index is 0.186. The van der Waals surface area contributed by atoms with Gasteiger partial charge < -0.3 is 10.3 Å². The van der Waals surface area contributed by atoms with Crippen molar-refractivity contribution in [2.24, 2.45) is 11.1 Å². The van der Waals surface area contributed by atoms with Crippen LogP contribution >= 0.6 is 11.6 Å². The number of imidazole rings is 1. The first-order chi connectivity index (χ1) is 8.85. The average Bonchev–Trinajstić information content (AvgIpc) is 2.65. The molecule has 2 N–H and O–H groups in total. The number of hydrogen-bond donors (Lipinski definition) is 1. The molecule has 102 valence electrons. The summed E-state index contributed by atoms with van der Waals surface area (Å²) in [5.74, 6) is 0.0199. The van der Waals surface area contributed by atoms with E-state index in [4.69, 9.17) is 17.3 Å². The number of nitrogens with two attached hydrogens (primary N) is 1. The average molecular weight is 284 g/mol. The van der Waals surface area contributed by atoms with Crippen LogP contribution in [0, 0.1) is 11.2 Å². The summed E-state index contributed by atoms with van der Waals surface area (Å²) in [7, 11) is 0. The number of halogens is 2. The Bertz CT molecular complexity index is 636. The van der Waals surface area contributed by atoms with E-state index in [-0.39, 0.29) is 11.7 Å². The highest BCUT2D eigenvalue weighted by molar-refractivity contribution is 6.16. The van der Waals surface area contributed by atoms with Crippen molar-refractivity contribution in [1.29, 1.82) is 0 Å². The predicted octanol–water partition coefficient (Wildman–Crippen LogP) is 2.43. The highest BCUT2D eigenvalue weighted by atomic mass is 35.5. The molecule has 1 amide bonds. The van der Waals surface area contributed by atoms with E-state index < -0.39 is 11.3 Å². The molecule has 0 radical (unpaired) electrons. The van der Waals surface area contributed by atoms with Gasteiger partial charge >= 0.3 is 0 Å². The van der Waals surface area contributed by atoms with Gasteiger partial charge in [-0.15, -0.1) is 11.6 Å². The number of primary amides is 1. The van der Waals surface area contributed by atoms with E-state index in [0.29, 0.717) is 17.9 Å². The molecule has 2 aromatic rings. The van der Waals surface area contributed by atoms with E-state index in [1.54, 1.807) is 19.9 Å². The van der Waals surface area contributed by atoms with Crippen LogP contribution < -0.4 is 5.73 Å². The first kappa shape index (κ1) is 13.8. The molecule has 0 bridgehead atoms. The lowest BCUT2D eigenvalue weighted by molar-refractivity contribution is -0.126. The number of benzene rings is 1. The second-order valence-electron chi connectivity index (χ2n) is 5.13. The van der Waals surface area contributed by atoms with Crippen LogP contribution in [-0.2, 0) is 17.2 Å². The van der Waals surface area contributed by atoms with Crippen LogP contribution in [0.1, 0.15) is 19.7 Å². The Morgan fingerprint density at radius 1 is 1.53 bits per heavy atom. The van der Waals surface area contributed by atoms with Gasteiger partial charge in [-0.25, -0.2) is 9.37 Å². The molecule has 4 nitrogen and oxygen atoms in total. The van der Waals surface area contributed by atoms with Crippen LogP contribution in [0.3, 0.4) is 0 Å². The summed E-state index contributed by atoms with van der Waals surface area (Å²) in [6.45, 7) is 3.86. The zero-order valence-electron chi connectivity index (χ0n) is 10.8. The SMILES string of the molecule is CC(C)(Cn1c(CCl)nc2cc(F)ccc21)C(N)=O. The summed E-state index contributed by atoms with van der Waals surface area (Å²) in [5.41, 5.74) is 5.91. The number of carbonyl (C=O) groups is 1. The largest absolute Gasteiger partial charge is 0.369 e. The van der Waals surface area contributed by atoms with E-state index in [9.17, 15) is 9.18 Å². The van der Waals surface area contributed by atoms with Gasteiger partial charge in [-0.3, -0.25) is 4.79 Å². The Hall–Kier alpha value is -1.62. The first-order valence-corrected chi connectivity index (χ1v) is 6.39. The summed E-state index contributed by atoms with van der Waals surface area (Å²) in [6, 6.07) is 4.33. The van der Waals surface area contributed by atoms with E-state index >= 15 is 0 Å². The van der Waals surface area contributed by atoms with Gasteiger partial charge in [-0.2, -0.15) is 0 Å².